The van der Waals surface area contributed by atoms with Crippen LogP contribution in [0.1, 0.15) is 13.8 Å². The summed E-state index contributed by atoms with van der Waals surface area (Å²) in [7, 11) is 5.55. The van der Waals surface area contributed by atoms with Crippen LogP contribution in [-0.4, -0.2) is 83.1 Å². The second kappa shape index (κ2) is 10.6. The third-order valence-electron chi connectivity index (χ3n) is 3.46. The fraction of sp³-hybridized carbons (Fsp3) is 1.00. The van der Waals surface area contributed by atoms with Gasteiger partial charge in [-0.1, -0.05) is 0 Å². The molecule has 1 fully saturated rings. The Hall–Kier alpha value is -0.400. The van der Waals surface area contributed by atoms with Crippen molar-refractivity contribution in [2.75, 3.05) is 41.7 Å². The molecule has 0 unspecified atom stereocenters. The molecule has 24 heavy (non-hydrogen) atoms. The molecule has 0 aromatic carbocycles. The minimum absolute atomic E-state index is 0.0280. The van der Waals surface area contributed by atoms with E-state index in [1.807, 2.05) is 0 Å². The molecule has 1 N–H and O–H groups in total. The standard InChI is InChI=1S/C14H28O10/c1-14(2)21-9(7-15)11(16-3)13(22-14)12(24-19-6)10(23-18-5)8-20-17-4/h9-13,15H,7-8H2,1-6H3/t9-,10+,11-,12-,13-/m1/s1. The highest BCUT2D eigenvalue weighted by Crippen LogP contribution is 2.32. The first-order chi connectivity index (χ1) is 11.4. The number of aliphatic hydroxyl groups is 1. The predicted octanol–water partition coefficient (Wildman–Crippen LogP) is -0.0150. The van der Waals surface area contributed by atoms with Crippen molar-refractivity contribution in [2.24, 2.45) is 0 Å². The molecule has 0 aliphatic carbocycles. The van der Waals surface area contributed by atoms with Gasteiger partial charge in [0.05, 0.1) is 27.9 Å². The molecular formula is C14H28O10. The van der Waals surface area contributed by atoms with Gasteiger partial charge in [-0.15, -0.1) is 0 Å². The molecule has 10 nitrogen and oxygen atoms in total. The smallest absolute Gasteiger partial charge is 0.164 e. The van der Waals surface area contributed by atoms with E-state index in [2.05, 4.69) is 4.89 Å². The monoisotopic (exact) mass is 356 g/mol. The lowest BCUT2D eigenvalue weighted by Gasteiger charge is -2.47. The first-order valence-electron chi connectivity index (χ1n) is 7.47. The number of aliphatic hydroxyl groups excluding tert-OH is 1. The van der Waals surface area contributed by atoms with Crippen molar-refractivity contribution in [1.82, 2.24) is 0 Å². The van der Waals surface area contributed by atoms with E-state index < -0.39 is 36.3 Å². The zero-order valence-electron chi connectivity index (χ0n) is 14.9. The van der Waals surface area contributed by atoms with Crippen molar-refractivity contribution >= 4 is 0 Å². The van der Waals surface area contributed by atoms with Crippen LogP contribution < -0.4 is 0 Å². The Labute approximate surface area is 141 Å². The van der Waals surface area contributed by atoms with Crippen molar-refractivity contribution in [2.45, 2.75) is 50.2 Å². The fourth-order valence-corrected chi connectivity index (χ4v) is 2.62. The van der Waals surface area contributed by atoms with Gasteiger partial charge in [0, 0.05) is 7.11 Å². The Morgan fingerprint density at radius 3 is 2.17 bits per heavy atom. The first kappa shape index (κ1) is 21.6. The van der Waals surface area contributed by atoms with Crippen LogP contribution in [0.25, 0.3) is 0 Å². The summed E-state index contributed by atoms with van der Waals surface area (Å²) in [5, 5.41) is 9.60. The summed E-state index contributed by atoms with van der Waals surface area (Å²) in [5.74, 6) is -0.984. The van der Waals surface area contributed by atoms with Crippen LogP contribution in [-0.2, 0) is 43.5 Å². The van der Waals surface area contributed by atoms with E-state index in [0.717, 1.165) is 0 Å². The largest absolute Gasteiger partial charge is 0.394 e. The van der Waals surface area contributed by atoms with E-state index in [-0.39, 0.29) is 13.2 Å². The van der Waals surface area contributed by atoms with Gasteiger partial charge in [-0.25, -0.2) is 29.3 Å². The molecule has 1 heterocycles. The fourth-order valence-electron chi connectivity index (χ4n) is 2.62. The highest BCUT2D eigenvalue weighted by atomic mass is 17.2. The Balaban J connectivity index is 3.06. The maximum Gasteiger partial charge on any atom is 0.164 e. The maximum atomic E-state index is 9.60. The molecule has 0 amide bonds. The zero-order chi connectivity index (χ0) is 18.2. The van der Waals surface area contributed by atoms with Gasteiger partial charge < -0.3 is 19.3 Å². The number of rotatable bonds is 11. The first-order valence-corrected chi connectivity index (χ1v) is 7.47. The summed E-state index contributed by atoms with van der Waals surface area (Å²) in [6.45, 7) is 3.15. The molecule has 0 bridgehead atoms. The molecule has 0 spiro atoms. The average Bonchev–Trinajstić information content (AvgIpc) is 2.55. The van der Waals surface area contributed by atoms with Gasteiger partial charge in [0.1, 0.15) is 24.9 Å². The van der Waals surface area contributed by atoms with Gasteiger partial charge in [-0.2, -0.15) is 0 Å². The molecule has 0 radical (unpaired) electrons. The van der Waals surface area contributed by atoms with Gasteiger partial charge in [-0.05, 0) is 13.8 Å². The van der Waals surface area contributed by atoms with Crippen LogP contribution >= 0.6 is 0 Å². The van der Waals surface area contributed by atoms with Crippen LogP contribution in [0.3, 0.4) is 0 Å². The minimum atomic E-state index is -0.984. The van der Waals surface area contributed by atoms with Crippen LogP contribution in [0.5, 0.6) is 0 Å². The Morgan fingerprint density at radius 1 is 1.00 bits per heavy atom. The van der Waals surface area contributed by atoms with E-state index in [4.69, 9.17) is 38.6 Å². The highest BCUT2D eigenvalue weighted by molar-refractivity contribution is 4.93. The lowest BCUT2D eigenvalue weighted by molar-refractivity contribution is -0.432. The third-order valence-corrected chi connectivity index (χ3v) is 3.46. The van der Waals surface area contributed by atoms with Gasteiger partial charge in [0.2, 0.25) is 0 Å². The van der Waals surface area contributed by atoms with Crippen molar-refractivity contribution < 1.29 is 48.6 Å². The van der Waals surface area contributed by atoms with E-state index in [1.165, 1.54) is 28.4 Å². The lowest BCUT2D eigenvalue weighted by Crippen LogP contribution is -2.62. The molecule has 0 saturated carbocycles. The summed E-state index contributed by atoms with van der Waals surface area (Å²) >= 11 is 0. The van der Waals surface area contributed by atoms with Gasteiger partial charge in [0.15, 0.2) is 18.0 Å². The van der Waals surface area contributed by atoms with Crippen LogP contribution in [0.2, 0.25) is 0 Å². The second-order valence-corrected chi connectivity index (χ2v) is 5.50. The second-order valence-electron chi connectivity index (χ2n) is 5.50. The Bertz CT molecular complexity index is 340. The van der Waals surface area contributed by atoms with Crippen LogP contribution in [0.4, 0.5) is 0 Å². The average molecular weight is 356 g/mol. The normalized spacial score (nSPS) is 29.4. The molecule has 0 aromatic heterocycles. The van der Waals surface area contributed by atoms with E-state index in [1.54, 1.807) is 13.8 Å². The predicted molar refractivity (Wildman–Crippen MR) is 78.4 cm³/mol. The molecule has 1 saturated heterocycles. The molecular weight excluding hydrogens is 328 g/mol. The van der Waals surface area contributed by atoms with Crippen LogP contribution in [0, 0.1) is 0 Å². The number of hydrogen-bond donors (Lipinski definition) is 1. The van der Waals surface area contributed by atoms with Gasteiger partial charge >= 0.3 is 0 Å². The molecule has 5 atom stereocenters. The topological polar surface area (TPSA) is 103 Å². The Morgan fingerprint density at radius 2 is 1.67 bits per heavy atom. The van der Waals surface area contributed by atoms with Crippen molar-refractivity contribution in [3.05, 3.63) is 0 Å². The number of ether oxygens (including phenoxy) is 3. The summed E-state index contributed by atoms with van der Waals surface area (Å²) in [5.41, 5.74) is 0. The summed E-state index contributed by atoms with van der Waals surface area (Å²) in [6.07, 6.45) is -3.58. The Kier molecular flexibility index (Phi) is 9.52. The number of methoxy groups -OCH3 is 1. The van der Waals surface area contributed by atoms with Gasteiger partial charge in [0.25, 0.3) is 0 Å². The molecule has 1 aliphatic heterocycles. The summed E-state index contributed by atoms with van der Waals surface area (Å²) in [4.78, 5) is 29.6. The molecule has 144 valence electrons. The molecule has 1 aliphatic rings. The van der Waals surface area contributed by atoms with Crippen molar-refractivity contribution in [3.63, 3.8) is 0 Å². The van der Waals surface area contributed by atoms with Crippen molar-refractivity contribution in [1.29, 1.82) is 0 Å². The molecule has 1 rings (SSSR count). The quantitative estimate of drug-likeness (QED) is 0.401. The molecule has 10 heteroatoms. The molecule has 0 aromatic rings. The van der Waals surface area contributed by atoms with Gasteiger partial charge in [-0.3, -0.25) is 0 Å². The summed E-state index contributed by atoms with van der Waals surface area (Å²) < 4.78 is 17.1. The number of hydrogen-bond acceptors (Lipinski definition) is 10. The van der Waals surface area contributed by atoms with E-state index in [9.17, 15) is 5.11 Å². The summed E-state index contributed by atoms with van der Waals surface area (Å²) in [6, 6.07) is 0. The van der Waals surface area contributed by atoms with Crippen molar-refractivity contribution in [3.8, 4) is 0 Å². The highest BCUT2D eigenvalue weighted by Gasteiger charge is 2.50. The minimum Gasteiger partial charge on any atom is -0.394 e. The maximum absolute atomic E-state index is 9.60. The van der Waals surface area contributed by atoms with Crippen LogP contribution in [0.15, 0.2) is 0 Å². The lowest BCUT2D eigenvalue weighted by atomic mass is 9.97. The SMILES string of the molecule is COOC[C@H](OOC)[C@@H](OOC)[C@@H]1OC(C)(C)O[C@H](CO)[C@H]1OC. The zero-order valence-corrected chi connectivity index (χ0v) is 14.9. The van der Waals surface area contributed by atoms with E-state index in [0.29, 0.717) is 0 Å². The third kappa shape index (κ3) is 5.85. The van der Waals surface area contributed by atoms with E-state index >= 15 is 0 Å².